The van der Waals surface area contributed by atoms with Crippen LogP contribution < -0.4 is 21.5 Å². The van der Waals surface area contributed by atoms with Gasteiger partial charge in [-0.3, -0.25) is 4.79 Å². The van der Waals surface area contributed by atoms with Crippen LogP contribution in [0, 0.1) is 5.92 Å². The first-order valence-corrected chi connectivity index (χ1v) is 7.87. The summed E-state index contributed by atoms with van der Waals surface area (Å²) in [6.07, 6.45) is 1.92. The summed E-state index contributed by atoms with van der Waals surface area (Å²) < 4.78 is 22.6. The molecule has 0 radical (unpaired) electrons. The minimum atomic E-state index is -3.84. The molecule has 0 heterocycles. The highest BCUT2D eigenvalue weighted by molar-refractivity contribution is 7.89. The maximum atomic E-state index is 11.4. The van der Waals surface area contributed by atoms with E-state index in [4.69, 9.17) is 10.9 Å². The van der Waals surface area contributed by atoms with Crippen molar-refractivity contribution in [3.05, 3.63) is 18.2 Å². The Balaban J connectivity index is 1.91. The molecule has 0 saturated heterocycles. The fourth-order valence-corrected chi connectivity index (χ4v) is 2.50. The Morgan fingerprint density at radius 3 is 2.60 bits per heavy atom. The Bertz CT molecular complexity index is 611. The third kappa shape index (κ3) is 3.61. The summed E-state index contributed by atoms with van der Waals surface area (Å²) in [4.78, 5) is 11.3. The smallest absolute Gasteiger partial charge is 0.240 e. The molecule has 1 saturated carbocycles. The molecule has 20 heavy (non-hydrogen) atoms. The topological polar surface area (TPSA) is 127 Å². The van der Waals surface area contributed by atoms with Crippen LogP contribution in [0.5, 0.6) is 0 Å². The Labute approximate surface area is 117 Å². The Morgan fingerprint density at radius 1 is 1.30 bits per heavy atom. The molecule has 2 rings (SSSR count). The van der Waals surface area contributed by atoms with E-state index in [-0.39, 0.29) is 22.4 Å². The average molecular weight is 298 g/mol. The minimum Gasteiger partial charge on any atom is -0.396 e. The number of sulfonamides is 1. The Kier molecular flexibility index (Phi) is 4.15. The number of carbonyl (C=O) groups is 1. The van der Waals surface area contributed by atoms with Gasteiger partial charge in [0.25, 0.3) is 0 Å². The second-order valence-corrected chi connectivity index (χ2v) is 6.28. The molecule has 0 aliphatic heterocycles. The number of nitrogens with one attached hydrogen (secondary N) is 2. The van der Waals surface area contributed by atoms with Crippen LogP contribution in [0.25, 0.3) is 0 Å². The van der Waals surface area contributed by atoms with E-state index in [9.17, 15) is 13.2 Å². The first kappa shape index (κ1) is 14.6. The lowest BCUT2D eigenvalue weighted by atomic mass is 10.2. The number of primary sulfonamides is 1. The number of amides is 1. The quantitative estimate of drug-likeness (QED) is 0.429. The van der Waals surface area contributed by atoms with E-state index in [2.05, 4.69) is 10.6 Å². The molecular formula is C12H18N4O3S. The van der Waals surface area contributed by atoms with Gasteiger partial charge in [-0.2, -0.15) is 0 Å². The van der Waals surface area contributed by atoms with Gasteiger partial charge in [0.2, 0.25) is 15.9 Å². The number of carbonyl (C=O) groups excluding carboxylic acids is 1. The Morgan fingerprint density at radius 2 is 2.00 bits per heavy atom. The lowest BCUT2D eigenvalue weighted by Gasteiger charge is -2.12. The van der Waals surface area contributed by atoms with Gasteiger partial charge < -0.3 is 16.4 Å². The molecule has 1 aliphatic rings. The van der Waals surface area contributed by atoms with Crippen molar-refractivity contribution in [2.75, 3.05) is 24.1 Å². The largest absolute Gasteiger partial charge is 0.396 e. The van der Waals surface area contributed by atoms with Crippen LogP contribution in [0.4, 0.5) is 11.4 Å². The molecule has 0 spiro atoms. The summed E-state index contributed by atoms with van der Waals surface area (Å²) in [6.45, 7) is 0.908. The van der Waals surface area contributed by atoms with Gasteiger partial charge in [-0.15, -0.1) is 0 Å². The number of nitrogens with two attached hydrogens (primary N) is 2. The summed E-state index contributed by atoms with van der Waals surface area (Å²) in [5.41, 5.74) is 6.33. The summed E-state index contributed by atoms with van der Waals surface area (Å²) in [5.74, 6) is 0.240. The normalized spacial score (nSPS) is 14.8. The monoisotopic (exact) mass is 298 g/mol. The maximum absolute atomic E-state index is 11.4. The maximum Gasteiger partial charge on any atom is 0.240 e. The van der Waals surface area contributed by atoms with E-state index >= 15 is 0 Å². The molecular weight excluding hydrogens is 280 g/mol. The van der Waals surface area contributed by atoms with E-state index in [1.165, 1.54) is 6.07 Å². The highest BCUT2D eigenvalue weighted by Gasteiger charge is 2.28. The average Bonchev–Trinajstić information content (AvgIpc) is 3.18. The number of rotatable bonds is 6. The van der Waals surface area contributed by atoms with Gasteiger partial charge in [-0.05, 0) is 25.0 Å². The SMILES string of the molecule is Nc1c(NCCNC(=O)C2CC2)cccc1S(N)(=O)=O. The molecule has 1 aliphatic carbocycles. The molecule has 1 aromatic carbocycles. The summed E-state index contributed by atoms with van der Waals surface area (Å²) in [7, 11) is -3.84. The van der Waals surface area contributed by atoms with Crippen molar-refractivity contribution in [1.82, 2.24) is 5.32 Å². The van der Waals surface area contributed by atoms with Crippen LogP contribution in [0.2, 0.25) is 0 Å². The molecule has 0 atom stereocenters. The summed E-state index contributed by atoms with van der Waals surface area (Å²) in [6, 6.07) is 4.57. The van der Waals surface area contributed by atoms with Crippen LogP contribution in [0.1, 0.15) is 12.8 Å². The number of para-hydroxylation sites is 1. The zero-order chi connectivity index (χ0) is 14.8. The highest BCUT2D eigenvalue weighted by Crippen LogP contribution is 2.28. The molecule has 0 bridgehead atoms. The molecule has 110 valence electrons. The number of hydrogen-bond donors (Lipinski definition) is 4. The predicted octanol–water partition coefficient (Wildman–Crippen LogP) is -0.146. The molecule has 8 heteroatoms. The van der Waals surface area contributed by atoms with Crippen molar-refractivity contribution in [3.8, 4) is 0 Å². The van der Waals surface area contributed by atoms with Crippen LogP contribution in [-0.2, 0) is 14.8 Å². The van der Waals surface area contributed by atoms with E-state index in [0.29, 0.717) is 18.8 Å². The first-order valence-electron chi connectivity index (χ1n) is 6.32. The van der Waals surface area contributed by atoms with Crippen molar-refractivity contribution >= 4 is 27.3 Å². The van der Waals surface area contributed by atoms with Crippen molar-refractivity contribution < 1.29 is 13.2 Å². The minimum absolute atomic E-state index is 0.0676. The van der Waals surface area contributed by atoms with E-state index in [1.54, 1.807) is 12.1 Å². The van der Waals surface area contributed by atoms with Crippen LogP contribution in [0.15, 0.2) is 23.1 Å². The summed E-state index contributed by atoms with van der Waals surface area (Å²) >= 11 is 0. The lowest BCUT2D eigenvalue weighted by Crippen LogP contribution is -2.30. The fourth-order valence-electron chi connectivity index (χ4n) is 1.82. The van der Waals surface area contributed by atoms with Crippen LogP contribution in [-0.4, -0.2) is 27.4 Å². The van der Waals surface area contributed by atoms with Gasteiger partial charge in [0, 0.05) is 19.0 Å². The lowest BCUT2D eigenvalue weighted by molar-refractivity contribution is -0.122. The van der Waals surface area contributed by atoms with Gasteiger partial charge in [0.1, 0.15) is 4.90 Å². The second kappa shape index (κ2) is 5.68. The fraction of sp³-hybridized carbons (Fsp3) is 0.417. The standard InChI is InChI=1S/C12H18N4O3S/c13-11-9(2-1-3-10(11)20(14,18)19)15-6-7-16-12(17)8-4-5-8/h1-3,8,15H,4-7,13H2,(H,16,17)(H2,14,18,19). The van der Waals surface area contributed by atoms with Crippen molar-refractivity contribution in [3.63, 3.8) is 0 Å². The third-order valence-corrected chi connectivity index (χ3v) is 4.03. The van der Waals surface area contributed by atoms with Crippen molar-refractivity contribution in [2.24, 2.45) is 11.1 Å². The van der Waals surface area contributed by atoms with E-state index in [1.807, 2.05) is 0 Å². The molecule has 1 amide bonds. The number of hydrogen-bond acceptors (Lipinski definition) is 5. The van der Waals surface area contributed by atoms with Gasteiger partial charge >= 0.3 is 0 Å². The number of anilines is 2. The second-order valence-electron chi connectivity index (χ2n) is 4.75. The van der Waals surface area contributed by atoms with E-state index in [0.717, 1.165) is 12.8 Å². The zero-order valence-corrected chi connectivity index (χ0v) is 11.7. The number of benzene rings is 1. The first-order chi connectivity index (χ1) is 9.39. The third-order valence-electron chi connectivity index (χ3n) is 3.06. The van der Waals surface area contributed by atoms with Crippen molar-refractivity contribution in [1.29, 1.82) is 0 Å². The van der Waals surface area contributed by atoms with Crippen LogP contribution >= 0.6 is 0 Å². The van der Waals surface area contributed by atoms with Crippen LogP contribution in [0.3, 0.4) is 0 Å². The van der Waals surface area contributed by atoms with E-state index < -0.39 is 10.0 Å². The summed E-state index contributed by atoms with van der Waals surface area (Å²) in [5, 5.41) is 10.8. The van der Waals surface area contributed by atoms with Gasteiger partial charge in [0.15, 0.2) is 0 Å². The highest BCUT2D eigenvalue weighted by atomic mass is 32.2. The molecule has 1 fully saturated rings. The molecule has 6 N–H and O–H groups in total. The zero-order valence-electron chi connectivity index (χ0n) is 10.9. The van der Waals surface area contributed by atoms with Crippen molar-refractivity contribution in [2.45, 2.75) is 17.7 Å². The molecule has 0 aromatic heterocycles. The van der Waals surface area contributed by atoms with Gasteiger partial charge in [0.05, 0.1) is 11.4 Å². The molecule has 0 unspecified atom stereocenters. The van der Waals surface area contributed by atoms with Gasteiger partial charge in [-0.1, -0.05) is 6.07 Å². The molecule has 1 aromatic rings. The Hall–Kier alpha value is -1.80. The predicted molar refractivity (Wildman–Crippen MR) is 76.5 cm³/mol. The van der Waals surface area contributed by atoms with Gasteiger partial charge in [-0.25, -0.2) is 13.6 Å². The number of nitrogen functional groups attached to an aromatic ring is 1. The molecule has 7 nitrogen and oxygen atoms in total.